The molecule has 0 aromatic heterocycles. The van der Waals surface area contributed by atoms with Crippen molar-refractivity contribution in [3.05, 3.63) is 0 Å². The molecule has 0 saturated carbocycles. The van der Waals surface area contributed by atoms with Crippen LogP contribution >= 0.6 is 0 Å². The van der Waals surface area contributed by atoms with E-state index in [0.29, 0.717) is 6.04 Å². The Morgan fingerprint density at radius 3 is 2.75 bits per heavy atom. The largest absolute Gasteiger partial charge is 0.314 e. The van der Waals surface area contributed by atoms with Crippen molar-refractivity contribution in [3.8, 4) is 0 Å². The standard InChI is InChI=1S/C13H29N3/c1-12(2)14-8-6-10-16-9-5-7-13(11-16)15(3)4/h12-14H,5-11H2,1-4H3. The van der Waals surface area contributed by atoms with Crippen molar-refractivity contribution in [2.24, 2.45) is 0 Å². The van der Waals surface area contributed by atoms with E-state index in [2.05, 4.69) is 43.1 Å². The summed E-state index contributed by atoms with van der Waals surface area (Å²) in [4.78, 5) is 4.99. The van der Waals surface area contributed by atoms with E-state index in [1.807, 2.05) is 0 Å². The molecule has 0 spiro atoms. The maximum absolute atomic E-state index is 3.48. The number of likely N-dealkylation sites (tertiary alicyclic amines) is 1. The highest BCUT2D eigenvalue weighted by Crippen LogP contribution is 2.13. The van der Waals surface area contributed by atoms with E-state index >= 15 is 0 Å². The van der Waals surface area contributed by atoms with E-state index in [1.54, 1.807) is 0 Å². The summed E-state index contributed by atoms with van der Waals surface area (Å²) in [6.45, 7) is 9.39. The van der Waals surface area contributed by atoms with Gasteiger partial charge in [0.25, 0.3) is 0 Å². The summed E-state index contributed by atoms with van der Waals surface area (Å²) in [6.07, 6.45) is 4.01. The Morgan fingerprint density at radius 2 is 2.12 bits per heavy atom. The molecule has 1 fully saturated rings. The Bertz CT molecular complexity index is 180. The molecule has 1 unspecified atom stereocenters. The Morgan fingerprint density at radius 1 is 1.38 bits per heavy atom. The normalized spacial score (nSPS) is 23.2. The van der Waals surface area contributed by atoms with Crippen molar-refractivity contribution in [3.63, 3.8) is 0 Å². The zero-order chi connectivity index (χ0) is 12.0. The van der Waals surface area contributed by atoms with Crippen LogP contribution in [0.3, 0.4) is 0 Å². The molecule has 96 valence electrons. The molecule has 0 aromatic carbocycles. The first kappa shape index (κ1) is 13.9. The molecule has 16 heavy (non-hydrogen) atoms. The molecule has 1 rings (SSSR count). The molecule has 0 bridgehead atoms. The molecule has 1 aliphatic heterocycles. The summed E-state index contributed by atoms with van der Waals surface area (Å²) in [7, 11) is 4.41. The van der Waals surface area contributed by atoms with Crippen LogP contribution < -0.4 is 5.32 Å². The lowest BCUT2D eigenvalue weighted by atomic mass is 10.0. The van der Waals surface area contributed by atoms with Gasteiger partial charge in [0.15, 0.2) is 0 Å². The molecule has 1 saturated heterocycles. The molecule has 1 aliphatic rings. The number of nitrogens with zero attached hydrogens (tertiary/aromatic N) is 2. The summed E-state index contributed by atoms with van der Waals surface area (Å²) >= 11 is 0. The maximum atomic E-state index is 3.48. The average molecular weight is 227 g/mol. The molecule has 3 nitrogen and oxygen atoms in total. The van der Waals surface area contributed by atoms with Crippen LogP contribution in [-0.4, -0.2) is 62.2 Å². The Labute approximate surface area is 101 Å². The fourth-order valence-corrected chi connectivity index (χ4v) is 2.35. The number of rotatable bonds is 6. The van der Waals surface area contributed by atoms with Gasteiger partial charge in [-0.3, -0.25) is 0 Å². The number of hydrogen-bond donors (Lipinski definition) is 1. The highest BCUT2D eigenvalue weighted by molar-refractivity contribution is 4.77. The Balaban J connectivity index is 2.12. The third kappa shape index (κ3) is 5.28. The van der Waals surface area contributed by atoms with Crippen LogP contribution in [0.5, 0.6) is 0 Å². The molecule has 0 amide bonds. The van der Waals surface area contributed by atoms with Gasteiger partial charge in [0, 0.05) is 18.6 Å². The van der Waals surface area contributed by atoms with E-state index in [0.717, 1.165) is 12.6 Å². The third-order valence-electron chi connectivity index (χ3n) is 3.41. The fourth-order valence-electron chi connectivity index (χ4n) is 2.35. The monoisotopic (exact) mass is 227 g/mol. The van der Waals surface area contributed by atoms with Gasteiger partial charge < -0.3 is 15.1 Å². The summed E-state index contributed by atoms with van der Waals surface area (Å²) in [5.41, 5.74) is 0. The number of piperidine rings is 1. The van der Waals surface area contributed by atoms with Crippen LogP contribution in [-0.2, 0) is 0 Å². The van der Waals surface area contributed by atoms with Crippen LogP contribution in [0.2, 0.25) is 0 Å². The third-order valence-corrected chi connectivity index (χ3v) is 3.41. The molecule has 0 radical (unpaired) electrons. The molecule has 1 N–H and O–H groups in total. The highest BCUT2D eigenvalue weighted by Gasteiger charge is 2.20. The van der Waals surface area contributed by atoms with Gasteiger partial charge in [-0.05, 0) is 53.0 Å². The van der Waals surface area contributed by atoms with Crippen LogP contribution in [0.4, 0.5) is 0 Å². The van der Waals surface area contributed by atoms with E-state index in [-0.39, 0.29) is 0 Å². The molecule has 1 atom stereocenters. The SMILES string of the molecule is CC(C)NCCCN1CCCC(N(C)C)C1. The second kappa shape index (κ2) is 7.25. The summed E-state index contributed by atoms with van der Waals surface area (Å²) in [6, 6.07) is 1.39. The Hall–Kier alpha value is -0.120. The Kier molecular flexibility index (Phi) is 6.32. The van der Waals surface area contributed by atoms with E-state index in [1.165, 1.54) is 38.9 Å². The lowest BCUT2D eigenvalue weighted by Gasteiger charge is -2.36. The number of nitrogens with one attached hydrogen (secondary N) is 1. The molecular weight excluding hydrogens is 198 g/mol. The summed E-state index contributed by atoms with van der Waals surface area (Å²) < 4.78 is 0. The zero-order valence-electron chi connectivity index (χ0n) is 11.5. The summed E-state index contributed by atoms with van der Waals surface area (Å²) in [5, 5.41) is 3.48. The predicted molar refractivity (Wildman–Crippen MR) is 70.9 cm³/mol. The summed E-state index contributed by atoms with van der Waals surface area (Å²) in [5.74, 6) is 0. The molecular formula is C13H29N3. The predicted octanol–water partition coefficient (Wildman–Crippen LogP) is 1.40. The lowest BCUT2D eigenvalue weighted by Crippen LogP contribution is -2.45. The van der Waals surface area contributed by atoms with E-state index in [4.69, 9.17) is 0 Å². The zero-order valence-corrected chi connectivity index (χ0v) is 11.5. The van der Waals surface area contributed by atoms with Crippen molar-refractivity contribution in [2.45, 2.75) is 45.2 Å². The van der Waals surface area contributed by atoms with Crippen LogP contribution in [0, 0.1) is 0 Å². The number of likely N-dealkylation sites (N-methyl/N-ethyl adjacent to an activating group) is 1. The molecule has 0 aliphatic carbocycles. The minimum atomic E-state index is 0.621. The minimum Gasteiger partial charge on any atom is -0.314 e. The second-order valence-corrected chi connectivity index (χ2v) is 5.52. The van der Waals surface area contributed by atoms with Gasteiger partial charge in [-0.25, -0.2) is 0 Å². The van der Waals surface area contributed by atoms with Gasteiger partial charge in [-0.1, -0.05) is 13.8 Å². The first-order valence-corrected chi connectivity index (χ1v) is 6.71. The first-order chi connectivity index (χ1) is 7.59. The van der Waals surface area contributed by atoms with E-state index in [9.17, 15) is 0 Å². The lowest BCUT2D eigenvalue weighted by molar-refractivity contribution is 0.132. The molecule has 1 heterocycles. The van der Waals surface area contributed by atoms with E-state index < -0.39 is 0 Å². The average Bonchev–Trinajstić information content (AvgIpc) is 2.24. The smallest absolute Gasteiger partial charge is 0.0217 e. The molecule has 3 heteroatoms. The van der Waals surface area contributed by atoms with Crippen molar-refractivity contribution in [2.75, 3.05) is 40.3 Å². The van der Waals surface area contributed by atoms with Crippen LogP contribution in [0.15, 0.2) is 0 Å². The number of hydrogen-bond acceptors (Lipinski definition) is 3. The van der Waals surface area contributed by atoms with Gasteiger partial charge >= 0.3 is 0 Å². The van der Waals surface area contributed by atoms with Crippen molar-refractivity contribution < 1.29 is 0 Å². The second-order valence-electron chi connectivity index (χ2n) is 5.52. The van der Waals surface area contributed by atoms with Crippen LogP contribution in [0.25, 0.3) is 0 Å². The maximum Gasteiger partial charge on any atom is 0.0217 e. The van der Waals surface area contributed by atoms with Crippen molar-refractivity contribution in [1.29, 1.82) is 0 Å². The minimum absolute atomic E-state index is 0.621. The van der Waals surface area contributed by atoms with Crippen molar-refractivity contribution in [1.82, 2.24) is 15.1 Å². The van der Waals surface area contributed by atoms with Gasteiger partial charge in [0.1, 0.15) is 0 Å². The van der Waals surface area contributed by atoms with Gasteiger partial charge in [0.05, 0.1) is 0 Å². The molecule has 0 aromatic rings. The quantitative estimate of drug-likeness (QED) is 0.692. The highest BCUT2D eigenvalue weighted by atomic mass is 15.2. The van der Waals surface area contributed by atoms with Crippen molar-refractivity contribution >= 4 is 0 Å². The fraction of sp³-hybridized carbons (Fsp3) is 1.00. The van der Waals surface area contributed by atoms with Gasteiger partial charge in [0.2, 0.25) is 0 Å². The van der Waals surface area contributed by atoms with Crippen LogP contribution in [0.1, 0.15) is 33.1 Å². The van der Waals surface area contributed by atoms with Gasteiger partial charge in [-0.15, -0.1) is 0 Å². The van der Waals surface area contributed by atoms with Gasteiger partial charge in [-0.2, -0.15) is 0 Å². The first-order valence-electron chi connectivity index (χ1n) is 6.71. The topological polar surface area (TPSA) is 18.5 Å².